The molecule has 7 heteroatoms. The van der Waals surface area contributed by atoms with Gasteiger partial charge >= 0.3 is 5.63 Å². The van der Waals surface area contributed by atoms with Gasteiger partial charge in [0, 0.05) is 10.8 Å². The van der Waals surface area contributed by atoms with Crippen molar-refractivity contribution in [2.24, 2.45) is 0 Å². The number of rotatable bonds is 4. The van der Waals surface area contributed by atoms with E-state index < -0.39 is 5.63 Å². The molecular weight excluding hydrogens is 384 g/mol. The predicted octanol–water partition coefficient (Wildman–Crippen LogP) is 5.63. The Bertz CT molecular complexity index is 1200. The molecule has 0 amide bonds. The molecular formula is C20H15ClN2O3S. The van der Waals surface area contributed by atoms with Crippen LogP contribution in [0.5, 0.6) is 5.75 Å². The number of hydrogen-bond donors (Lipinski definition) is 1. The molecule has 0 radical (unpaired) electrons. The van der Waals surface area contributed by atoms with Gasteiger partial charge in [-0.15, -0.1) is 11.3 Å². The van der Waals surface area contributed by atoms with E-state index in [4.69, 9.17) is 20.8 Å². The lowest BCUT2D eigenvalue weighted by Crippen LogP contribution is -2.03. The van der Waals surface area contributed by atoms with E-state index in [-0.39, 0.29) is 0 Å². The van der Waals surface area contributed by atoms with Crippen molar-refractivity contribution >= 4 is 44.7 Å². The molecule has 4 aromatic rings. The number of aromatic nitrogens is 1. The van der Waals surface area contributed by atoms with E-state index in [9.17, 15) is 4.79 Å². The summed E-state index contributed by atoms with van der Waals surface area (Å²) < 4.78 is 10.8. The summed E-state index contributed by atoms with van der Waals surface area (Å²) in [6.45, 7) is 1.99. The molecule has 27 heavy (non-hydrogen) atoms. The molecule has 2 aromatic heterocycles. The summed E-state index contributed by atoms with van der Waals surface area (Å²) >= 11 is 7.50. The fourth-order valence-corrected chi connectivity index (χ4v) is 3.76. The van der Waals surface area contributed by atoms with Gasteiger partial charge in [-0.1, -0.05) is 35.9 Å². The van der Waals surface area contributed by atoms with Crippen molar-refractivity contribution < 1.29 is 9.15 Å². The van der Waals surface area contributed by atoms with Crippen LogP contribution in [-0.4, -0.2) is 12.1 Å². The molecule has 4 rings (SSSR count). The van der Waals surface area contributed by atoms with Gasteiger partial charge in [0.25, 0.3) is 0 Å². The van der Waals surface area contributed by atoms with Crippen LogP contribution >= 0.6 is 22.9 Å². The van der Waals surface area contributed by atoms with Crippen LogP contribution in [-0.2, 0) is 0 Å². The number of aryl methyl sites for hydroxylation is 1. The fourth-order valence-electron chi connectivity index (χ4n) is 2.82. The van der Waals surface area contributed by atoms with Gasteiger partial charge in [-0.05, 0) is 30.7 Å². The Labute approximate surface area is 164 Å². The first-order chi connectivity index (χ1) is 13.1. The Morgan fingerprint density at radius 1 is 1.22 bits per heavy atom. The summed E-state index contributed by atoms with van der Waals surface area (Å²) in [5, 5.41) is 6.90. The van der Waals surface area contributed by atoms with Crippen LogP contribution in [0.2, 0.25) is 5.02 Å². The highest BCUT2D eigenvalue weighted by Gasteiger charge is 2.14. The minimum Gasteiger partial charge on any atom is -0.495 e. The third-order valence-corrected chi connectivity index (χ3v) is 5.23. The van der Waals surface area contributed by atoms with Gasteiger partial charge in [-0.2, -0.15) is 0 Å². The monoisotopic (exact) mass is 398 g/mol. The Balaban J connectivity index is 1.73. The van der Waals surface area contributed by atoms with Crippen molar-refractivity contribution in [3.63, 3.8) is 0 Å². The number of nitrogens with one attached hydrogen (secondary N) is 1. The van der Waals surface area contributed by atoms with E-state index in [0.29, 0.717) is 27.0 Å². The molecule has 0 saturated carbocycles. The van der Waals surface area contributed by atoms with Crippen LogP contribution in [0.15, 0.2) is 57.1 Å². The Hall–Kier alpha value is -2.83. The third-order valence-electron chi connectivity index (χ3n) is 4.18. The topological polar surface area (TPSA) is 64.4 Å². The maximum atomic E-state index is 12.4. The average molecular weight is 399 g/mol. The highest BCUT2D eigenvalue weighted by Crippen LogP contribution is 2.33. The maximum Gasteiger partial charge on any atom is 0.345 e. The number of methoxy groups -OCH3 is 1. The van der Waals surface area contributed by atoms with E-state index in [0.717, 1.165) is 22.4 Å². The van der Waals surface area contributed by atoms with Crippen molar-refractivity contribution in [2.75, 3.05) is 12.4 Å². The Morgan fingerprint density at radius 3 is 2.85 bits per heavy atom. The van der Waals surface area contributed by atoms with Gasteiger partial charge in [0.1, 0.15) is 5.75 Å². The van der Waals surface area contributed by atoms with Crippen molar-refractivity contribution in [3.8, 4) is 17.0 Å². The number of thiazole rings is 1. The molecule has 2 heterocycles. The van der Waals surface area contributed by atoms with E-state index in [1.165, 1.54) is 11.3 Å². The van der Waals surface area contributed by atoms with Gasteiger partial charge in [0.05, 0.1) is 29.1 Å². The number of para-hydroxylation sites is 2. The molecule has 0 aliphatic rings. The quantitative estimate of drug-likeness (QED) is 0.451. The van der Waals surface area contributed by atoms with Crippen LogP contribution in [0.3, 0.4) is 0 Å². The predicted molar refractivity (Wildman–Crippen MR) is 110 cm³/mol. The van der Waals surface area contributed by atoms with E-state index in [1.54, 1.807) is 19.2 Å². The average Bonchev–Trinajstić information content (AvgIpc) is 3.12. The lowest BCUT2D eigenvalue weighted by Gasteiger charge is -2.11. The maximum absolute atomic E-state index is 12.4. The third kappa shape index (κ3) is 3.29. The highest BCUT2D eigenvalue weighted by atomic mass is 35.5. The molecule has 5 nitrogen and oxygen atoms in total. The molecule has 0 spiro atoms. The van der Waals surface area contributed by atoms with Crippen LogP contribution in [0.4, 0.5) is 10.8 Å². The van der Waals surface area contributed by atoms with Crippen LogP contribution in [0.1, 0.15) is 5.56 Å². The van der Waals surface area contributed by atoms with E-state index in [2.05, 4.69) is 10.3 Å². The van der Waals surface area contributed by atoms with Crippen LogP contribution in [0, 0.1) is 6.92 Å². The van der Waals surface area contributed by atoms with Crippen molar-refractivity contribution in [1.29, 1.82) is 0 Å². The molecule has 0 saturated heterocycles. The first-order valence-electron chi connectivity index (χ1n) is 8.15. The summed E-state index contributed by atoms with van der Waals surface area (Å²) in [7, 11) is 1.62. The molecule has 0 fully saturated rings. The second kappa shape index (κ2) is 7.06. The van der Waals surface area contributed by atoms with Crippen LogP contribution < -0.4 is 15.7 Å². The lowest BCUT2D eigenvalue weighted by molar-refractivity contribution is 0.416. The fraction of sp³-hybridized carbons (Fsp3) is 0.100. The number of halogens is 1. The number of nitrogens with zero attached hydrogens (tertiary/aromatic N) is 1. The smallest absolute Gasteiger partial charge is 0.345 e. The zero-order valence-electron chi connectivity index (χ0n) is 14.6. The minimum atomic E-state index is -0.471. The second-order valence-corrected chi connectivity index (χ2v) is 7.19. The summed E-state index contributed by atoms with van der Waals surface area (Å²) in [6, 6.07) is 12.9. The van der Waals surface area contributed by atoms with Crippen molar-refractivity contribution in [1.82, 2.24) is 4.98 Å². The SMILES string of the molecule is COc1cccc(C)c1Nc1nc(-c2cc3cccc(Cl)c3oc2=O)cs1. The van der Waals surface area contributed by atoms with Crippen molar-refractivity contribution in [3.05, 3.63) is 68.9 Å². The molecule has 1 N–H and O–H groups in total. The first-order valence-corrected chi connectivity index (χ1v) is 9.41. The standard InChI is InChI=1S/C20H15ClN2O3S/c1-11-5-3-8-16(25-2)17(11)23-20-22-15(10-27-20)13-9-12-6-4-7-14(21)18(12)26-19(13)24/h3-10H,1-2H3,(H,22,23). The van der Waals surface area contributed by atoms with Gasteiger partial charge in [-0.3, -0.25) is 0 Å². The summed E-state index contributed by atoms with van der Waals surface area (Å²) in [4.78, 5) is 16.9. The largest absolute Gasteiger partial charge is 0.495 e. The molecule has 0 unspecified atom stereocenters. The Morgan fingerprint density at radius 2 is 2.04 bits per heavy atom. The minimum absolute atomic E-state index is 0.381. The number of fused-ring (bicyclic) bond motifs is 1. The summed E-state index contributed by atoms with van der Waals surface area (Å²) in [6.07, 6.45) is 0. The second-order valence-electron chi connectivity index (χ2n) is 5.92. The molecule has 0 aliphatic carbocycles. The van der Waals surface area contributed by atoms with Crippen LogP contribution in [0.25, 0.3) is 22.2 Å². The van der Waals surface area contributed by atoms with Gasteiger partial charge in [0.2, 0.25) is 0 Å². The normalized spacial score (nSPS) is 10.9. The molecule has 136 valence electrons. The van der Waals surface area contributed by atoms with Gasteiger partial charge in [0.15, 0.2) is 10.7 Å². The van der Waals surface area contributed by atoms with Gasteiger partial charge < -0.3 is 14.5 Å². The lowest BCUT2D eigenvalue weighted by atomic mass is 10.1. The number of benzene rings is 2. The first kappa shape index (κ1) is 17.6. The van der Waals surface area contributed by atoms with E-state index >= 15 is 0 Å². The molecule has 2 aromatic carbocycles. The summed E-state index contributed by atoms with van der Waals surface area (Å²) in [5.41, 5.74) is 2.73. The number of anilines is 2. The molecule has 0 aliphatic heterocycles. The number of ether oxygens (including phenoxy) is 1. The summed E-state index contributed by atoms with van der Waals surface area (Å²) in [5.74, 6) is 0.728. The van der Waals surface area contributed by atoms with Crippen molar-refractivity contribution in [2.45, 2.75) is 6.92 Å². The van der Waals surface area contributed by atoms with Gasteiger partial charge in [-0.25, -0.2) is 9.78 Å². The van der Waals surface area contributed by atoms with E-state index in [1.807, 2.05) is 42.6 Å². The molecule has 0 bridgehead atoms. The molecule has 0 atom stereocenters. The number of hydrogen-bond acceptors (Lipinski definition) is 6. The Kier molecular flexibility index (Phi) is 4.59. The highest BCUT2D eigenvalue weighted by molar-refractivity contribution is 7.14. The zero-order valence-corrected chi connectivity index (χ0v) is 16.1. The zero-order chi connectivity index (χ0) is 19.0.